The summed E-state index contributed by atoms with van der Waals surface area (Å²) in [5.41, 5.74) is 1.74. The molecule has 1 heterocycles. The average molecular weight is 304 g/mol. The van der Waals surface area contributed by atoms with Crippen LogP contribution in [0.15, 0.2) is 54.7 Å². The number of aromatic nitrogens is 1. The molecule has 0 bridgehead atoms. The van der Waals surface area contributed by atoms with E-state index in [1.54, 1.807) is 24.4 Å². The van der Waals surface area contributed by atoms with Gasteiger partial charge in [0.25, 0.3) is 5.91 Å². The van der Waals surface area contributed by atoms with Crippen molar-refractivity contribution in [1.29, 1.82) is 5.26 Å². The quantitative estimate of drug-likeness (QED) is 0.735. The fraction of sp³-hybridized carbons (Fsp3) is 0.158. The van der Waals surface area contributed by atoms with Crippen molar-refractivity contribution >= 4 is 16.8 Å². The van der Waals surface area contributed by atoms with Crippen LogP contribution in [0.5, 0.6) is 5.75 Å². The molecule has 0 atom stereocenters. The van der Waals surface area contributed by atoms with Crippen molar-refractivity contribution < 1.29 is 9.53 Å². The van der Waals surface area contributed by atoms with E-state index in [-0.39, 0.29) is 12.0 Å². The van der Waals surface area contributed by atoms with Gasteiger partial charge in [-0.3, -0.25) is 9.36 Å². The maximum atomic E-state index is 12.8. The highest BCUT2D eigenvalue weighted by Crippen LogP contribution is 2.23. The maximum Gasteiger partial charge on any atom is 0.262 e. The number of carbonyl (C=O) groups is 1. The molecule has 0 aliphatic rings. The van der Waals surface area contributed by atoms with Crippen LogP contribution in [0.2, 0.25) is 0 Å². The molecule has 4 heteroatoms. The lowest BCUT2D eigenvalue weighted by molar-refractivity contribution is 0.0964. The number of carbonyl (C=O) groups excluding carboxylic acids is 1. The topological polar surface area (TPSA) is 55.0 Å². The van der Waals surface area contributed by atoms with Gasteiger partial charge in [-0.1, -0.05) is 24.3 Å². The smallest absolute Gasteiger partial charge is 0.262 e. The third kappa shape index (κ3) is 2.82. The van der Waals surface area contributed by atoms with E-state index in [4.69, 9.17) is 4.74 Å². The number of para-hydroxylation sites is 1. The molecule has 0 unspecified atom stereocenters. The Kier molecular flexibility index (Phi) is 3.86. The van der Waals surface area contributed by atoms with Crippen molar-refractivity contribution in [2.24, 2.45) is 0 Å². The lowest BCUT2D eigenvalue weighted by Gasteiger charge is -2.11. The number of hydrogen-bond acceptors (Lipinski definition) is 3. The van der Waals surface area contributed by atoms with E-state index >= 15 is 0 Å². The molecule has 23 heavy (non-hydrogen) atoms. The second-order valence-electron chi connectivity index (χ2n) is 5.54. The van der Waals surface area contributed by atoms with E-state index in [9.17, 15) is 10.1 Å². The molecule has 2 aromatic carbocycles. The van der Waals surface area contributed by atoms with Gasteiger partial charge in [0.15, 0.2) is 0 Å². The Morgan fingerprint density at radius 3 is 2.70 bits per heavy atom. The number of rotatable bonds is 3. The fourth-order valence-corrected chi connectivity index (χ4v) is 2.55. The highest BCUT2D eigenvalue weighted by molar-refractivity contribution is 6.03. The molecule has 0 fully saturated rings. The molecule has 0 aliphatic carbocycles. The van der Waals surface area contributed by atoms with Crippen molar-refractivity contribution in [2.45, 2.75) is 20.0 Å². The van der Waals surface area contributed by atoms with Gasteiger partial charge in [-0.05, 0) is 38.1 Å². The minimum absolute atomic E-state index is 0.0398. The summed E-state index contributed by atoms with van der Waals surface area (Å²) in [6, 6.07) is 16.6. The van der Waals surface area contributed by atoms with E-state index in [0.29, 0.717) is 16.9 Å². The van der Waals surface area contributed by atoms with Gasteiger partial charge in [0, 0.05) is 17.1 Å². The minimum atomic E-state index is -0.183. The molecular formula is C19H16N2O2. The van der Waals surface area contributed by atoms with Crippen molar-refractivity contribution in [3.8, 4) is 11.8 Å². The molecule has 0 aliphatic heterocycles. The van der Waals surface area contributed by atoms with Gasteiger partial charge in [0.05, 0.1) is 17.2 Å². The van der Waals surface area contributed by atoms with Crippen LogP contribution in [-0.4, -0.2) is 16.6 Å². The van der Waals surface area contributed by atoms with Crippen molar-refractivity contribution in [3.63, 3.8) is 0 Å². The van der Waals surface area contributed by atoms with Crippen LogP contribution >= 0.6 is 0 Å². The standard InChI is InChI=1S/C19H16N2O2/c1-13(2)23-16-7-5-6-14(10-16)19(22)21-12-15(11-20)17-8-3-4-9-18(17)21/h3-10,12-13H,1-2H3. The van der Waals surface area contributed by atoms with E-state index in [1.807, 2.05) is 44.2 Å². The molecule has 114 valence electrons. The molecular weight excluding hydrogens is 288 g/mol. The molecule has 3 rings (SSSR count). The van der Waals surface area contributed by atoms with E-state index in [1.165, 1.54) is 4.57 Å². The number of ether oxygens (including phenoxy) is 1. The van der Waals surface area contributed by atoms with Gasteiger partial charge in [0.1, 0.15) is 11.8 Å². The summed E-state index contributed by atoms with van der Waals surface area (Å²) in [5, 5.41) is 10.0. The Morgan fingerprint density at radius 2 is 1.96 bits per heavy atom. The van der Waals surface area contributed by atoms with Crippen molar-refractivity contribution in [3.05, 3.63) is 65.9 Å². The van der Waals surface area contributed by atoms with Crippen LogP contribution in [0.1, 0.15) is 29.8 Å². The highest BCUT2D eigenvalue weighted by Gasteiger charge is 2.15. The van der Waals surface area contributed by atoms with Crippen LogP contribution in [0.25, 0.3) is 10.9 Å². The number of hydrogen-bond donors (Lipinski definition) is 0. The lowest BCUT2D eigenvalue weighted by Crippen LogP contribution is -2.11. The zero-order chi connectivity index (χ0) is 16.4. The number of benzene rings is 2. The summed E-state index contributed by atoms with van der Waals surface area (Å²) in [6.07, 6.45) is 1.63. The zero-order valence-electron chi connectivity index (χ0n) is 13.0. The third-order valence-electron chi connectivity index (χ3n) is 3.50. The SMILES string of the molecule is CC(C)Oc1cccc(C(=O)n2cc(C#N)c3ccccc32)c1. The second-order valence-corrected chi connectivity index (χ2v) is 5.54. The maximum absolute atomic E-state index is 12.8. The molecule has 0 saturated carbocycles. The Labute approximate surface area is 134 Å². The van der Waals surface area contributed by atoms with Crippen LogP contribution in [0.3, 0.4) is 0 Å². The number of nitrogens with zero attached hydrogens (tertiary/aromatic N) is 2. The number of nitriles is 1. The first kappa shape index (κ1) is 14.9. The summed E-state index contributed by atoms with van der Waals surface area (Å²) in [5.74, 6) is 0.472. The van der Waals surface area contributed by atoms with Crippen molar-refractivity contribution in [2.75, 3.05) is 0 Å². The molecule has 0 radical (unpaired) electrons. The van der Waals surface area contributed by atoms with Gasteiger partial charge in [-0.15, -0.1) is 0 Å². The number of fused-ring (bicyclic) bond motifs is 1. The minimum Gasteiger partial charge on any atom is -0.491 e. The van der Waals surface area contributed by atoms with Crippen molar-refractivity contribution in [1.82, 2.24) is 4.57 Å². The predicted octanol–water partition coefficient (Wildman–Crippen LogP) is 3.99. The van der Waals surface area contributed by atoms with E-state index in [0.717, 1.165) is 10.9 Å². The van der Waals surface area contributed by atoms with Crippen LogP contribution < -0.4 is 4.74 Å². The monoisotopic (exact) mass is 304 g/mol. The molecule has 0 amide bonds. The molecule has 0 saturated heterocycles. The molecule has 1 aromatic heterocycles. The first-order chi connectivity index (χ1) is 11.1. The Hall–Kier alpha value is -3.06. The van der Waals surface area contributed by atoms with Crippen LogP contribution in [0, 0.1) is 11.3 Å². The van der Waals surface area contributed by atoms with Gasteiger partial charge in [-0.25, -0.2) is 0 Å². The van der Waals surface area contributed by atoms with Crippen LogP contribution in [0.4, 0.5) is 0 Å². The summed E-state index contributed by atoms with van der Waals surface area (Å²) in [7, 11) is 0. The summed E-state index contributed by atoms with van der Waals surface area (Å²) < 4.78 is 7.16. The van der Waals surface area contributed by atoms with Gasteiger partial charge in [0.2, 0.25) is 0 Å². The highest BCUT2D eigenvalue weighted by atomic mass is 16.5. The normalized spacial score (nSPS) is 10.7. The van der Waals surface area contributed by atoms with Gasteiger partial charge < -0.3 is 4.74 Å². The summed E-state index contributed by atoms with van der Waals surface area (Å²) in [6.45, 7) is 3.88. The Bertz CT molecular complexity index is 917. The second kappa shape index (κ2) is 5.98. The fourth-order valence-electron chi connectivity index (χ4n) is 2.55. The summed E-state index contributed by atoms with van der Waals surface area (Å²) >= 11 is 0. The molecule has 0 N–H and O–H groups in total. The zero-order valence-corrected chi connectivity index (χ0v) is 13.0. The molecule has 3 aromatic rings. The largest absolute Gasteiger partial charge is 0.491 e. The third-order valence-corrected chi connectivity index (χ3v) is 3.50. The molecule has 0 spiro atoms. The van der Waals surface area contributed by atoms with E-state index < -0.39 is 0 Å². The summed E-state index contributed by atoms with van der Waals surface area (Å²) in [4.78, 5) is 12.8. The van der Waals surface area contributed by atoms with Gasteiger partial charge in [-0.2, -0.15) is 5.26 Å². The Balaban J connectivity index is 2.06. The van der Waals surface area contributed by atoms with Gasteiger partial charge >= 0.3 is 0 Å². The Morgan fingerprint density at radius 1 is 1.17 bits per heavy atom. The lowest BCUT2D eigenvalue weighted by atomic mass is 10.2. The van der Waals surface area contributed by atoms with E-state index in [2.05, 4.69) is 6.07 Å². The first-order valence-corrected chi connectivity index (χ1v) is 7.42. The first-order valence-electron chi connectivity index (χ1n) is 7.42. The van der Waals surface area contributed by atoms with Crippen LogP contribution in [-0.2, 0) is 0 Å². The average Bonchev–Trinajstić information content (AvgIpc) is 2.92. The predicted molar refractivity (Wildman–Crippen MR) is 88.6 cm³/mol. The molecule has 4 nitrogen and oxygen atoms in total.